The van der Waals surface area contributed by atoms with Crippen LogP contribution in [0.4, 0.5) is 0 Å². The van der Waals surface area contributed by atoms with E-state index in [1.807, 2.05) is 36.9 Å². The average molecular weight is 425 g/mol. The average Bonchev–Trinajstić information content (AvgIpc) is 3.38. The first-order valence-electron chi connectivity index (χ1n) is 10.9. The molecule has 0 aliphatic heterocycles. The molecule has 0 radical (unpaired) electrons. The molecule has 3 aromatic carbocycles. The summed E-state index contributed by atoms with van der Waals surface area (Å²) in [5.74, 6) is 0.925. The highest BCUT2D eigenvalue weighted by atomic mass is 16.5. The summed E-state index contributed by atoms with van der Waals surface area (Å²) in [5.41, 5.74) is 7.87. The number of benzene rings is 3. The number of nitrogens with zero attached hydrogens (tertiary/aromatic N) is 4. The van der Waals surface area contributed by atoms with E-state index < -0.39 is 0 Å². The van der Waals surface area contributed by atoms with Crippen LogP contribution < -0.4 is 4.74 Å². The molecule has 2 heterocycles. The van der Waals surface area contributed by atoms with Gasteiger partial charge >= 0.3 is 0 Å². The zero-order chi connectivity index (χ0) is 22.3. The lowest BCUT2D eigenvalue weighted by Gasteiger charge is -2.24. The summed E-state index contributed by atoms with van der Waals surface area (Å²) in [5, 5.41) is 0. The van der Waals surface area contributed by atoms with Gasteiger partial charge in [-0.3, -0.25) is 0 Å². The maximum atomic E-state index is 6.00. The van der Waals surface area contributed by atoms with E-state index in [9.17, 15) is 0 Å². The predicted molar refractivity (Wildman–Crippen MR) is 129 cm³/mol. The first kappa shape index (κ1) is 20.3. The Labute approximate surface area is 188 Å². The quantitative estimate of drug-likeness (QED) is 0.359. The van der Waals surface area contributed by atoms with Gasteiger partial charge in [-0.2, -0.15) is 0 Å². The Kier molecular flexibility index (Phi) is 4.97. The van der Waals surface area contributed by atoms with E-state index in [0.717, 1.165) is 38.9 Å². The molecular formula is C27H28N4O. The number of hydrogen-bond donors (Lipinski definition) is 0. The predicted octanol–water partition coefficient (Wildman–Crippen LogP) is 5.79. The molecule has 0 saturated heterocycles. The second-order valence-electron chi connectivity index (χ2n) is 9.30. The summed E-state index contributed by atoms with van der Waals surface area (Å²) >= 11 is 0. The first-order chi connectivity index (χ1) is 15.4. The van der Waals surface area contributed by atoms with Gasteiger partial charge in [0.2, 0.25) is 0 Å². The van der Waals surface area contributed by atoms with Crippen LogP contribution in [0, 0.1) is 0 Å². The van der Waals surface area contributed by atoms with E-state index in [1.54, 1.807) is 7.11 Å². The van der Waals surface area contributed by atoms with E-state index in [4.69, 9.17) is 4.74 Å². The van der Waals surface area contributed by atoms with Crippen LogP contribution >= 0.6 is 0 Å². The van der Waals surface area contributed by atoms with Gasteiger partial charge in [0.05, 0.1) is 54.9 Å². The standard InChI is InChI=1S/C27H28N4O/c1-27(2,3)21-13-19(15-30-17-28-22-9-5-7-11-24(22)30)26(32-4)20(14-21)16-31-18-29-23-10-6-8-12-25(23)31/h5-14,17-18H,15-16H2,1-4H3. The number of hydrogen-bond acceptors (Lipinski definition) is 3. The Bertz CT molecular complexity index is 1310. The number of fused-ring (bicyclic) bond motifs is 2. The third kappa shape index (κ3) is 3.64. The van der Waals surface area contributed by atoms with Crippen LogP contribution in [-0.4, -0.2) is 26.2 Å². The van der Waals surface area contributed by atoms with E-state index in [0.29, 0.717) is 13.1 Å². The summed E-state index contributed by atoms with van der Waals surface area (Å²) in [6.45, 7) is 8.15. The number of aromatic nitrogens is 4. The van der Waals surface area contributed by atoms with E-state index >= 15 is 0 Å². The fourth-order valence-corrected chi connectivity index (χ4v) is 4.32. The van der Waals surface area contributed by atoms with Gasteiger partial charge in [0.1, 0.15) is 5.75 Å². The van der Waals surface area contributed by atoms with E-state index in [-0.39, 0.29) is 5.41 Å². The molecule has 0 aliphatic rings. The van der Waals surface area contributed by atoms with Crippen molar-refractivity contribution in [2.75, 3.05) is 7.11 Å². The van der Waals surface area contributed by atoms with Gasteiger partial charge in [-0.15, -0.1) is 0 Å². The molecule has 0 amide bonds. The molecule has 162 valence electrons. The molecule has 5 rings (SSSR count). The highest BCUT2D eigenvalue weighted by Gasteiger charge is 2.21. The molecule has 5 nitrogen and oxygen atoms in total. The summed E-state index contributed by atoms with van der Waals surface area (Å²) < 4.78 is 10.4. The maximum Gasteiger partial charge on any atom is 0.128 e. The van der Waals surface area contributed by atoms with Gasteiger partial charge in [-0.05, 0) is 47.4 Å². The van der Waals surface area contributed by atoms with Crippen molar-refractivity contribution in [3.63, 3.8) is 0 Å². The summed E-state index contributed by atoms with van der Waals surface area (Å²) in [4.78, 5) is 9.14. The Hall–Kier alpha value is -3.60. The number of methoxy groups -OCH3 is 1. The minimum atomic E-state index is 0.0176. The molecule has 0 fully saturated rings. The molecular weight excluding hydrogens is 396 g/mol. The minimum absolute atomic E-state index is 0.0176. The zero-order valence-electron chi connectivity index (χ0n) is 19.0. The van der Waals surface area contributed by atoms with Gasteiger partial charge in [-0.25, -0.2) is 9.97 Å². The van der Waals surface area contributed by atoms with Crippen LogP contribution in [0.2, 0.25) is 0 Å². The van der Waals surface area contributed by atoms with Gasteiger partial charge in [0, 0.05) is 11.1 Å². The van der Waals surface area contributed by atoms with Gasteiger partial charge in [0.25, 0.3) is 0 Å². The normalized spacial score (nSPS) is 12.0. The molecule has 32 heavy (non-hydrogen) atoms. The largest absolute Gasteiger partial charge is 0.496 e. The number of imidazole rings is 2. The van der Waals surface area contributed by atoms with Crippen LogP contribution in [0.3, 0.4) is 0 Å². The SMILES string of the molecule is COc1c(Cn2cnc3ccccc32)cc(C(C)(C)C)cc1Cn1cnc2ccccc21. The molecule has 5 heteroatoms. The van der Waals surface area contributed by atoms with Crippen molar-refractivity contribution in [2.45, 2.75) is 39.3 Å². The highest BCUT2D eigenvalue weighted by molar-refractivity contribution is 5.76. The smallest absolute Gasteiger partial charge is 0.128 e. The van der Waals surface area contributed by atoms with Gasteiger partial charge in [-0.1, -0.05) is 45.0 Å². The Balaban J connectivity index is 1.63. The van der Waals surface area contributed by atoms with Crippen molar-refractivity contribution in [3.05, 3.63) is 90.0 Å². The lowest BCUT2D eigenvalue weighted by molar-refractivity contribution is 0.401. The fraction of sp³-hybridized carbons (Fsp3) is 0.259. The highest BCUT2D eigenvalue weighted by Crippen LogP contribution is 2.34. The minimum Gasteiger partial charge on any atom is -0.496 e. The topological polar surface area (TPSA) is 44.9 Å². The number of ether oxygens (including phenoxy) is 1. The van der Waals surface area contributed by atoms with Gasteiger partial charge in [0.15, 0.2) is 0 Å². The van der Waals surface area contributed by atoms with Crippen LogP contribution in [0.1, 0.15) is 37.5 Å². The van der Waals surface area contributed by atoms with Crippen LogP contribution in [-0.2, 0) is 18.5 Å². The third-order valence-electron chi connectivity index (χ3n) is 6.05. The van der Waals surface area contributed by atoms with Gasteiger partial charge < -0.3 is 13.9 Å². The van der Waals surface area contributed by atoms with Crippen molar-refractivity contribution in [1.82, 2.24) is 19.1 Å². The lowest BCUT2D eigenvalue weighted by Crippen LogP contribution is -2.15. The second kappa shape index (κ2) is 7.83. The molecule has 2 aromatic heterocycles. The first-order valence-corrected chi connectivity index (χ1v) is 10.9. The van der Waals surface area contributed by atoms with Crippen LogP contribution in [0.5, 0.6) is 5.75 Å². The summed E-state index contributed by atoms with van der Waals surface area (Å²) in [6.07, 6.45) is 3.83. The molecule has 0 spiro atoms. The molecule has 0 unspecified atom stereocenters. The van der Waals surface area contributed by atoms with E-state index in [1.165, 1.54) is 5.56 Å². The van der Waals surface area contributed by atoms with Crippen molar-refractivity contribution >= 4 is 22.1 Å². The van der Waals surface area contributed by atoms with Crippen molar-refractivity contribution in [1.29, 1.82) is 0 Å². The molecule has 5 aromatic rings. The van der Waals surface area contributed by atoms with Crippen LogP contribution in [0.15, 0.2) is 73.3 Å². The molecule has 0 N–H and O–H groups in total. The van der Waals surface area contributed by atoms with Crippen molar-refractivity contribution < 1.29 is 4.74 Å². The van der Waals surface area contributed by atoms with E-state index in [2.05, 4.69) is 76.3 Å². The molecule has 0 bridgehead atoms. The Morgan fingerprint density at radius 1 is 0.750 bits per heavy atom. The maximum absolute atomic E-state index is 6.00. The lowest BCUT2D eigenvalue weighted by atomic mass is 9.84. The van der Waals surface area contributed by atoms with Crippen molar-refractivity contribution in [2.24, 2.45) is 0 Å². The molecule has 0 aliphatic carbocycles. The Morgan fingerprint density at radius 2 is 1.22 bits per heavy atom. The fourth-order valence-electron chi connectivity index (χ4n) is 4.32. The van der Waals surface area contributed by atoms with Crippen LogP contribution in [0.25, 0.3) is 22.1 Å². The number of para-hydroxylation sites is 4. The summed E-state index contributed by atoms with van der Waals surface area (Å²) in [7, 11) is 1.76. The monoisotopic (exact) mass is 424 g/mol. The summed E-state index contributed by atoms with van der Waals surface area (Å²) in [6, 6.07) is 21.0. The molecule has 0 atom stereocenters. The second-order valence-corrected chi connectivity index (χ2v) is 9.30. The third-order valence-corrected chi connectivity index (χ3v) is 6.05. The Morgan fingerprint density at radius 3 is 1.66 bits per heavy atom. The molecule has 0 saturated carbocycles. The number of rotatable bonds is 5. The van der Waals surface area contributed by atoms with Crippen molar-refractivity contribution in [3.8, 4) is 5.75 Å². The zero-order valence-corrected chi connectivity index (χ0v) is 19.0.